The summed E-state index contributed by atoms with van der Waals surface area (Å²) in [6.45, 7) is 0.0927. The van der Waals surface area contributed by atoms with Gasteiger partial charge in [-0.05, 0) is 12.1 Å². The third kappa shape index (κ3) is 3.18. The van der Waals surface area contributed by atoms with Gasteiger partial charge in [-0.15, -0.1) is 0 Å². The van der Waals surface area contributed by atoms with Crippen LogP contribution in [0.2, 0.25) is 5.02 Å². The minimum absolute atomic E-state index is 0.0927. The second-order valence-electron chi connectivity index (χ2n) is 5.93. The number of ether oxygens (including phenoxy) is 1. The average Bonchev–Trinajstić information content (AvgIpc) is 3.18. The Morgan fingerprint density at radius 1 is 1.30 bits per heavy atom. The highest BCUT2D eigenvalue weighted by molar-refractivity contribution is 8.03. The lowest BCUT2D eigenvalue weighted by Gasteiger charge is -2.16. The standard InChI is InChI=1S/C18H11ClF2N4OS/c19-14-4-2-1-3-12(14)16-18(26-16,13-6-5-11(20)7-15(13)21)8-25-17(27-9-22)23-10-24-25/h1-7,10,16H,8H2/t16-,18+/m0/s1. The first-order valence-corrected chi connectivity index (χ1v) is 9.06. The van der Waals surface area contributed by atoms with Gasteiger partial charge in [-0.25, -0.2) is 18.4 Å². The monoisotopic (exact) mass is 404 g/mol. The van der Waals surface area contributed by atoms with Crippen LogP contribution in [0.1, 0.15) is 17.2 Å². The molecule has 0 aliphatic carbocycles. The van der Waals surface area contributed by atoms with Gasteiger partial charge in [-0.1, -0.05) is 35.9 Å². The van der Waals surface area contributed by atoms with Gasteiger partial charge < -0.3 is 4.74 Å². The van der Waals surface area contributed by atoms with Gasteiger partial charge in [-0.3, -0.25) is 0 Å². The predicted molar refractivity (Wildman–Crippen MR) is 94.8 cm³/mol. The van der Waals surface area contributed by atoms with Crippen LogP contribution in [0, 0.1) is 22.3 Å². The van der Waals surface area contributed by atoms with Crippen molar-refractivity contribution in [1.82, 2.24) is 14.8 Å². The summed E-state index contributed by atoms with van der Waals surface area (Å²) >= 11 is 7.12. The van der Waals surface area contributed by atoms with Gasteiger partial charge in [0.15, 0.2) is 0 Å². The van der Waals surface area contributed by atoms with Crippen LogP contribution in [0.5, 0.6) is 0 Å². The Balaban J connectivity index is 1.79. The molecule has 1 aliphatic heterocycles. The molecule has 2 atom stereocenters. The average molecular weight is 405 g/mol. The Bertz CT molecular complexity index is 1050. The minimum Gasteiger partial charge on any atom is -0.354 e. The van der Waals surface area contributed by atoms with E-state index in [0.717, 1.165) is 17.8 Å². The molecule has 2 heterocycles. The summed E-state index contributed by atoms with van der Waals surface area (Å²) in [7, 11) is 0. The molecular formula is C18H11ClF2N4OS. The van der Waals surface area contributed by atoms with E-state index in [1.54, 1.807) is 24.3 Å². The van der Waals surface area contributed by atoms with Crippen molar-refractivity contribution in [3.05, 3.63) is 76.6 Å². The number of nitriles is 1. The molecule has 3 aromatic rings. The maximum Gasteiger partial charge on any atom is 0.200 e. The molecule has 9 heteroatoms. The van der Waals surface area contributed by atoms with Gasteiger partial charge >= 0.3 is 0 Å². The molecule has 5 nitrogen and oxygen atoms in total. The third-order valence-corrected chi connectivity index (χ3v) is 5.31. The number of epoxide rings is 1. The van der Waals surface area contributed by atoms with Crippen molar-refractivity contribution in [2.45, 2.75) is 23.4 Å². The topological polar surface area (TPSA) is 67.0 Å². The van der Waals surface area contributed by atoms with Gasteiger partial charge in [-0.2, -0.15) is 10.4 Å². The summed E-state index contributed by atoms with van der Waals surface area (Å²) in [6.07, 6.45) is 0.761. The molecule has 1 aromatic heterocycles. The zero-order chi connectivity index (χ0) is 19.0. The van der Waals surface area contributed by atoms with E-state index in [1.807, 2.05) is 5.40 Å². The van der Waals surface area contributed by atoms with Crippen LogP contribution in [-0.2, 0) is 16.9 Å². The quantitative estimate of drug-likeness (QED) is 0.357. The van der Waals surface area contributed by atoms with Crippen molar-refractivity contribution in [1.29, 1.82) is 5.26 Å². The van der Waals surface area contributed by atoms with E-state index in [9.17, 15) is 8.78 Å². The number of aromatic nitrogens is 3. The van der Waals surface area contributed by atoms with E-state index in [0.29, 0.717) is 15.7 Å². The van der Waals surface area contributed by atoms with Crippen molar-refractivity contribution >= 4 is 23.4 Å². The maximum atomic E-state index is 14.6. The van der Waals surface area contributed by atoms with E-state index in [2.05, 4.69) is 10.1 Å². The molecule has 27 heavy (non-hydrogen) atoms. The highest BCUT2D eigenvalue weighted by atomic mass is 35.5. The molecule has 4 rings (SSSR count). The zero-order valence-corrected chi connectivity index (χ0v) is 15.2. The molecule has 0 N–H and O–H groups in total. The Hall–Kier alpha value is -2.47. The summed E-state index contributed by atoms with van der Waals surface area (Å²) in [4.78, 5) is 4.02. The number of hydrogen-bond acceptors (Lipinski definition) is 5. The Morgan fingerprint density at radius 2 is 2.11 bits per heavy atom. The highest BCUT2D eigenvalue weighted by Gasteiger charge is 2.61. The van der Waals surface area contributed by atoms with E-state index in [-0.39, 0.29) is 12.1 Å². The number of nitrogens with zero attached hydrogens (tertiary/aromatic N) is 4. The molecule has 0 unspecified atom stereocenters. The molecule has 136 valence electrons. The minimum atomic E-state index is -1.14. The molecule has 0 amide bonds. The first kappa shape index (κ1) is 17.9. The van der Waals surface area contributed by atoms with Crippen LogP contribution in [0.3, 0.4) is 0 Å². The lowest BCUT2D eigenvalue weighted by Crippen LogP contribution is -2.22. The molecule has 1 aliphatic rings. The van der Waals surface area contributed by atoms with Crippen molar-refractivity contribution in [3.63, 3.8) is 0 Å². The molecule has 1 fully saturated rings. The fourth-order valence-corrected chi connectivity index (χ4v) is 3.76. The molecule has 0 bridgehead atoms. The first-order chi connectivity index (χ1) is 13.0. The summed E-state index contributed by atoms with van der Waals surface area (Å²) in [5.74, 6) is -1.40. The number of halogens is 3. The van der Waals surface area contributed by atoms with Crippen LogP contribution in [0.25, 0.3) is 0 Å². The first-order valence-electron chi connectivity index (χ1n) is 7.86. The van der Waals surface area contributed by atoms with Crippen LogP contribution in [0.4, 0.5) is 8.78 Å². The Morgan fingerprint density at radius 3 is 2.85 bits per heavy atom. The zero-order valence-electron chi connectivity index (χ0n) is 13.6. The largest absolute Gasteiger partial charge is 0.354 e. The summed E-state index contributed by atoms with van der Waals surface area (Å²) in [6, 6.07) is 10.5. The van der Waals surface area contributed by atoms with E-state index in [1.165, 1.54) is 23.1 Å². The summed E-state index contributed by atoms with van der Waals surface area (Å²) < 4.78 is 35.4. The van der Waals surface area contributed by atoms with E-state index >= 15 is 0 Å². The predicted octanol–water partition coefficient (Wildman–Crippen LogP) is 4.45. The lowest BCUT2D eigenvalue weighted by atomic mass is 9.91. The molecule has 1 saturated heterocycles. The second-order valence-corrected chi connectivity index (χ2v) is 7.09. The van der Waals surface area contributed by atoms with Gasteiger partial charge in [0, 0.05) is 34.0 Å². The van der Waals surface area contributed by atoms with Crippen molar-refractivity contribution in [3.8, 4) is 5.40 Å². The van der Waals surface area contributed by atoms with Crippen molar-refractivity contribution in [2.75, 3.05) is 0 Å². The second kappa shape index (κ2) is 6.93. The van der Waals surface area contributed by atoms with Crippen molar-refractivity contribution < 1.29 is 13.5 Å². The molecular weight excluding hydrogens is 394 g/mol. The number of benzene rings is 2. The number of thioether (sulfide) groups is 1. The van der Waals surface area contributed by atoms with Crippen LogP contribution in [0.15, 0.2) is 53.9 Å². The van der Waals surface area contributed by atoms with Crippen LogP contribution < -0.4 is 0 Å². The number of hydrogen-bond donors (Lipinski definition) is 0. The highest BCUT2D eigenvalue weighted by Crippen LogP contribution is 2.59. The molecule has 0 radical (unpaired) electrons. The number of rotatable bonds is 5. The Labute approximate surface area is 162 Å². The normalized spacial score (nSPS) is 21.0. The molecule has 0 saturated carbocycles. The summed E-state index contributed by atoms with van der Waals surface area (Å²) in [5, 5.41) is 15.8. The van der Waals surface area contributed by atoms with E-state index in [4.69, 9.17) is 21.6 Å². The third-order valence-electron chi connectivity index (χ3n) is 4.37. The lowest BCUT2D eigenvalue weighted by molar-refractivity contribution is 0.250. The molecule has 0 spiro atoms. The SMILES string of the molecule is N#CSc1ncnn1C[C@]1(c2ccc(F)cc2F)O[C@H]1c1ccccc1Cl. The van der Waals surface area contributed by atoms with Crippen LogP contribution in [-0.4, -0.2) is 14.8 Å². The number of thiocyanates is 1. The maximum absolute atomic E-state index is 14.6. The van der Waals surface area contributed by atoms with Gasteiger partial charge in [0.1, 0.15) is 35.1 Å². The summed E-state index contributed by atoms with van der Waals surface area (Å²) in [5.41, 5.74) is -0.254. The van der Waals surface area contributed by atoms with Crippen LogP contribution >= 0.6 is 23.4 Å². The fourth-order valence-electron chi connectivity index (χ4n) is 3.13. The van der Waals surface area contributed by atoms with Gasteiger partial charge in [0.05, 0.1) is 6.54 Å². The van der Waals surface area contributed by atoms with Gasteiger partial charge in [0.25, 0.3) is 0 Å². The Kier molecular flexibility index (Phi) is 4.60. The van der Waals surface area contributed by atoms with Gasteiger partial charge in [0.2, 0.25) is 5.16 Å². The smallest absolute Gasteiger partial charge is 0.200 e. The van der Waals surface area contributed by atoms with E-state index < -0.39 is 23.3 Å². The molecule has 2 aromatic carbocycles. The fraction of sp³-hybridized carbons (Fsp3) is 0.167. The van der Waals surface area contributed by atoms with Crippen molar-refractivity contribution in [2.24, 2.45) is 0 Å².